The van der Waals surface area contributed by atoms with Crippen molar-refractivity contribution in [3.8, 4) is 0 Å². The van der Waals surface area contributed by atoms with Gasteiger partial charge in [-0.2, -0.15) is 0 Å². The fraction of sp³-hybridized carbons (Fsp3) is 0.600. The average molecular weight is 266 g/mol. The van der Waals surface area contributed by atoms with E-state index in [1.165, 1.54) is 6.08 Å². The minimum Gasteiger partial charge on any atom is -0.481 e. The summed E-state index contributed by atoms with van der Waals surface area (Å²) in [5, 5.41) is 18.7. The Bertz CT molecular complexity index is 408. The summed E-state index contributed by atoms with van der Waals surface area (Å²) >= 11 is 0. The van der Waals surface area contributed by atoms with Gasteiger partial charge in [0.25, 0.3) is 0 Å². The van der Waals surface area contributed by atoms with E-state index in [9.17, 15) is 14.7 Å². The zero-order valence-electron chi connectivity index (χ0n) is 11.6. The van der Waals surface area contributed by atoms with Crippen LogP contribution in [0.5, 0.6) is 0 Å². The second-order valence-electron chi connectivity index (χ2n) is 5.16. The Hall–Kier alpha value is -1.58. The van der Waals surface area contributed by atoms with Crippen molar-refractivity contribution in [2.24, 2.45) is 11.3 Å². The van der Waals surface area contributed by atoms with Crippen LogP contribution in [0.2, 0.25) is 0 Å². The third kappa shape index (κ3) is 3.25. The third-order valence-electron chi connectivity index (χ3n) is 4.00. The average Bonchev–Trinajstić information content (AvgIpc) is 2.35. The molecule has 19 heavy (non-hydrogen) atoms. The second-order valence-corrected chi connectivity index (χ2v) is 5.16. The minimum absolute atomic E-state index is 0.181. The van der Waals surface area contributed by atoms with Gasteiger partial charge >= 0.3 is 11.9 Å². The molecule has 0 radical (unpaired) electrons. The van der Waals surface area contributed by atoms with Crippen LogP contribution in [0.3, 0.4) is 0 Å². The van der Waals surface area contributed by atoms with E-state index >= 15 is 0 Å². The maximum absolute atomic E-state index is 11.6. The maximum atomic E-state index is 11.6. The molecule has 4 nitrogen and oxygen atoms in total. The molecule has 1 aliphatic rings. The summed E-state index contributed by atoms with van der Waals surface area (Å²) in [7, 11) is 0. The molecule has 0 amide bonds. The molecule has 0 aromatic heterocycles. The molecule has 0 aromatic rings. The lowest BCUT2D eigenvalue weighted by atomic mass is 9.67. The van der Waals surface area contributed by atoms with Crippen LogP contribution >= 0.6 is 0 Å². The quantitative estimate of drug-likeness (QED) is 0.694. The smallest absolute Gasteiger partial charge is 0.331 e. The summed E-state index contributed by atoms with van der Waals surface area (Å²) < 4.78 is 0. The highest BCUT2D eigenvalue weighted by molar-refractivity contribution is 5.91. The number of hydrogen-bond acceptors (Lipinski definition) is 2. The van der Waals surface area contributed by atoms with Crippen molar-refractivity contribution in [2.45, 2.75) is 46.0 Å². The summed E-state index contributed by atoms with van der Waals surface area (Å²) in [4.78, 5) is 22.8. The molecule has 2 unspecified atom stereocenters. The van der Waals surface area contributed by atoms with E-state index in [1.54, 1.807) is 19.1 Å². The molecule has 0 bridgehead atoms. The van der Waals surface area contributed by atoms with Crippen LogP contribution in [0.25, 0.3) is 0 Å². The van der Waals surface area contributed by atoms with Gasteiger partial charge in [-0.25, -0.2) is 4.79 Å². The number of carboxylic acid groups (broad SMARTS) is 2. The highest BCUT2D eigenvalue weighted by atomic mass is 16.4. The van der Waals surface area contributed by atoms with Gasteiger partial charge in [-0.1, -0.05) is 57.8 Å². The van der Waals surface area contributed by atoms with Gasteiger partial charge < -0.3 is 10.2 Å². The first kappa shape index (κ1) is 15.5. The van der Waals surface area contributed by atoms with E-state index in [0.29, 0.717) is 6.42 Å². The molecule has 1 rings (SSSR count). The van der Waals surface area contributed by atoms with Crippen molar-refractivity contribution in [1.82, 2.24) is 0 Å². The number of carboxylic acids is 2. The number of aliphatic carboxylic acids is 2. The molecule has 0 spiro atoms. The van der Waals surface area contributed by atoms with Crippen molar-refractivity contribution in [1.29, 1.82) is 0 Å². The lowest BCUT2D eigenvalue weighted by molar-refractivity contribution is -0.149. The van der Waals surface area contributed by atoms with Crippen molar-refractivity contribution >= 4 is 11.9 Å². The molecular weight excluding hydrogens is 244 g/mol. The van der Waals surface area contributed by atoms with Crippen LogP contribution in [-0.2, 0) is 9.59 Å². The summed E-state index contributed by atoms with van der Waals surface area (Å²) in [6.45, 7) is 3.79. The highest BCUT2D eigenvalue weighted by Crippen LogP contribution is 2.42. The van der Waals surface area contributed by atoms with Crippen LogP contribution in [0.1, 0.15) is 46.0 Å². The zero-order valence-corrected chi connectivity index (χ0v) is 11.6. The van der Waals surface area contributed by atoms with Gasteiger partial charge in [0.1, 0.15) is 0 Å². The largest absolute Gasteiger partial charge is 0.481 e. The lowest BCUT2D eigenvalue weighted by Gasteiger charge is -2.35. The maximum Gasteiger partial charge on any atom is 0.331 e. The molecule has 1 aliphatic carbocycles. The Morgan fingerprint density at radius 1 is 1.26 bits per heavy atom. The lowest BCUT2D eigenvalue weighted by Crippen LogP contribution is -2.39. The summed E-state index contributed by atoms with van der Waals surface area (Å²) in [5.74, 6) is -2.47. The van der Waals surface area contributed by atoms with Gasteiger partial charge in [0, 0.05) is 11.5 Å². The summed E-state index contributed by atoms with van der Waals surface area (Å²) in [5.41, 5.74) is -0.892. The SMILES string of the molecule is CCCCCCC1(C(=O)O)C=CC=C(C(=O)O)C1C. The van der Waals surface area contributed by atoms with Gasteiger partial charge in [-0.3, -0.25) is 4.79 Å². The molecule has 2 atom stereocenters. The first-order valence-electron chi connectivity index (χ1n) is 6.81. The van der Waals surface area contributed by atoms with E-state index in [-0.39, 0.29) is 5.57 Å². The van der Waals surface area contributed by atoms with Crippen molar-refractivity contribution in [3.05, 3.63) is 23.8 Å². The molecule has 2 N–H and O–H groups in total. The molecule has 0 fully saturated rings. The predicted molar refractivity (Wildman–Crippen MR) is 72.9 cm³/mol. The topological polar surface area (TPSA) is 74.6 Å². The second kappa shape index (κ2) is 6.55. The molecule has 0 aromatic carbocycles. The Labute approximate surface area is 113 Å². The number of allylic oxidation sites excluding steroid dienone is 2. The Balaban J connectivity index is 2.89. The molecule has 106 valence electrons. The number of rotatable bonds is 7. The van der Waals surface area contributed by atoms with E-state index in [4.69, 9.17) is 5.11 Å². The van der Waals surface area contributed by atoms with E-state index in [2.05, 4.69) is 6.92 Å². The molecule has 0 heterocycles. The minimum atomic E-state index is -1.07. The number of hydrogen-bond donors (Lipinski definition) is 2. The van der Waals surface area contributed by atoms with Gasteiger partial charge in [0.2, 0.25) is 0 Å². The van der Waals surface area contributed by atoms with E-state index in [1.807, 2.05) is 0 Å². The third-order valence-corrected chi connectivity index (χ3v) is 4.00. The molecule has 0 saturated carbocycles. The summed E-state index contributed by atoms with van der Waals surface area (Å²) in [6, 6.07) is 0. The molecular formula is C15H22O4. The van der Waals surface area contributed by atoms with Gasteiger partial charge in [-0.15, -0.1) is 0 Å². The van der Waals surface area contributed by atoms with E-state index < -0.39 is 23.3 Å². The first-order valence-corrected chi connectivity index (χ1v) is 6.81. The standard InChI is InChI=1S/C15H22O4/c1-3-4-5-6-9-15(14(18)19)10-7-8-12(11(15)2)13(16)17/h7-8,10-11H,3-6,9H2,1-2H3,(H,16,17)(H,18,19). The van der Waals surface area contributed by atoms with Gasteiger partial charge in [0.15, 0.2) is 0 Å². The van der Waals surface area contributed by atoms with Crippen LogP contribution in [0.4, 0.5) is 0 Å². The summed E-state index contributed by atoms with van der Waals surface area (Å²) in [6.07, 6.45) is 9.17. The van der Waals surface area contributed by atoms with Gasteiger partial charge in [-0.05, 0) is 6.42 Å². The van der Waals surface area contributed by atoms with Crippen molar-refractivity contribution < 1.29 is 19.8 Å². The highest BCUT2D eigenvalue weighted by Gasteiger charge is 2.45. The zero-order chi connectivity index (χ0) is 14.5. The Morgan fingerprint density at radius 2 is 1.95 bits per heavy atom. The number of carbonyl (C=O) groups is 2. The fourth-order valence-corrected chi connectivity index (χ4v) is 2.65. The Kier molecular flexibility index (Phi) is 5.33. The van der Waals surface area contributed by atoms with Crippen LogP contribution in [0, 0.1) is 11.3 Å². The van der Waals surface area contributed by atoms with Crippen molar-refractivity contribution in [3.63, 3.8) is 0 Å². The van der Waals surface area contributed by atoms with Crippen LogP contribution < -0.4 is 0 Å². The van der Waals surface area contributed by atoms with Crippen LogP contribution in [-0.4, -0.2) is 22.2 Å². The fourth-order valence-electron chi connectivity index (χ4n) is 2.65. The van der Waals surface area contributed by atoms with Crippen LogP contribution in [0.15, 0.2) is 23.8 Å². The van der Waals surface area contributed by atoms with Crippen molar-refractivity contribution in [2.75, 3.05) is 0 Å². The Morgan fingerprint density at radius 3 is 2.47 bits per heavy atom. The monoisotopic (exact) mass is 266 g/mol. The predicted octanol–water partition coefficient (Wildman–Crippen LogP) is 3.24. The number of unbranched alkanes of at least 4 members (excludes halogenated alkanes) is 3. The molecule has 0 aliphatic heterocycles. The van der Waals surface area contributed by atoms with Gasteiger partial charge in [0.05, 0.1) is 5.41 Å². The first-order chi connectivity index (χ1) is 8.95. The van der Waals surface area contributed by atoms with E-state index in [0.717, 1.165) is 25.7 Å². The molecule has 4 heteroatoms. The normalized spacial score (nSPS) is 26.0. The molecule has 0 saturated heterocycles.